The van der Waals surface area contributed by atoms with Gasteiger partial charge >= 0.3 is 6.03 Å². The number of rotatable bonds is 4. The first-order valence-electron chi connectivity index (χ1n) is 7.10. The molecule has 1 aliphatic heterocycles. The molecule has 1 aliphatic carbocycles. The van der Waals surface area contributed by atoms with E-state index in [1.165, 1.54) is 0 Å². The minimum absolute atomic E-state index is 0.0566. The molecule has 0 spiro atoms. The van der Waals surface area contributed by atoms with E-state index in [2.05, 4.69) is 10.6 Å². The van der Waals surface area contributed by atoms with Crippen LogP contribution >= 0.6 is 0 Å². The van der Waals surface area contributed by atoms with E-state index in [1.54, 1.807) is 0 Å². The maximum Gasteiger partial charge on any atom is 0.315 e. The Morgan fingerprint density at radius 2 is 2.00 bits per heavy atom. The summed E-state index contributed by atoms with van der Waals surface area (Å²) >= 11 is 0. The lowest BCUT2D eigenvalue weighted by molar-refractivity contribution is -0.128. The smallest absolute Gasteiger partial charge is 0.315 e. The summed E-state index contributed by atoms with van der Waals surface area (Å²) in [4.78, 5) is 25.5. The van der Waals surface area contributed by atoms with E-state index in [4.69, 9.17) is 0 Å². The van der Waals surface area contributed by atoms with Gasteiger partial charge in [-0.3, -0.25) is 4.79 Å². The Hall–Kier alpha value is -2.04. The molecule has 2 fully saturated rings. The first-order chi connectivity index (χ1) is 9.72. The molecular weight excluding hydrogens is 254 g/mol. The predicted molar refractivity (Wildman–Crippen MR) is 75.0 cm³/mol. The van der Waals surface area contributed by atoms with Gasteiger partial charge in [0, 0.05) is 25.6 Å². The first-order valence-corrected chi connectivity index (χ1v) is 7.10. The van der Waals surface area contributed by atoms with Crippen LogP contribution in [0.1, 0.15) is 24.8 Å². The second kappa shape index (κ2) is 5.53. The standard InChI is InChI=1S/C15H19N3O2/c19-14-8-12(10-18(14)13-6-7-13)17-15(20)16-9-11-4-2-1-3-5-11/h1-5,12-13H,6-10H2,(H2,16,17,20)/t12-/m0/s1. The van der Waals surface area contributed by atoms with Gasteiger partial charge < -0.3 is 15.5 Å². The van der Waals surface area contributed by atoms with E-state index >= 15 is 0 Å². The number of hydrogen-bond acceptors (Lipinski definition) is 2. The number of amides is 3. The molecule has 3 rings (SSSR count). The van der Waals surface area contributed by atoms with Crippen molar-refractivity contribution in [3.8, 4) is 0 Å². The molecule has 1 heterocycles. The number of benzene rings is 1. The van der Waals surface area contributed by atoms with E-state index in [0.29, 0.717) is 25.6 Å². The summed E-state index contributed by atoms with van der Waals surface area (Å²) in [5, 5.41) is 5.70. The fraction of sp³-hybridized carbons (Fsp3) is 0.467. The first kappa shape index (κ1) is 13.0. The van der Waals surface area contributed by atoms with Crippen molar-refractivity contribution in [3.63, 3.8) is 0 Å². The Labute approximate surface area is 118 Å². The van der Waals surface area contributed by atoms with Crippen LogP contribution in [0.25, 0.3) is 0 Å². The molecular formula is C15H19N3O2. The summed E-state index contributed by atoms with van der Waals surface area (Å²) in [6.07, 6.45) is 2.65. The van der Waals surface area contributed by atoms with Crippen LogP contribution in [0.5, 0.6) is 0 Å². The average molecular weight is 273 g/mol. The summed E-state index contributed by atoms with van der Waals surface area (Å²) in [7, 11) is 0. The molecule has 5 heteroatoms. The number of nitrogens with one attached hydrogen (secondary N) is 2. The van der Waals surface area contributed by atoms with Gasteiger partial charge in [-0.15, -0.1) is 0 Å². The molecule has 1 saturated carbocycles. The zero-order valence-corrected chi connectivity index (χ0v) is 11.3. The predicted octanol–water partition coefficient (Wildman–Crippen LogP) is 1.25. The second-order valence-corrected chi connectivity index (χ2v) is 5.49. The molecule has 1 aromatic rings. The summed E-state index contributed by atoms with van der Waals surface area (Å²) in [6, 6.07) is 9.93. The van der Waals surface area contributed by atoms with Crippen molar-refractivity contribution in [2.24, 2.45) is 0 Å². The van der Waals surface area contributed by atoms with E-state index in [9.17, 15) is 9.59 Å². The Morgan fingerprint density at radius 1 is 1.25 bits per heavy atom. The molecule has 20 heavy (non-hydrogen) atoms. The zero-order chi connectivity index (χ0) is 13.9. The van der Waals surface area contributed by atoms with Gasteiger partial charge in [0.25, 0.3) is 0 Å². The van der Waals surface area contributed by atoms with Crippen molar-refractivity contribution in [3.05, 3.63) is 35.9 Å². The SMILES string of the molecule is O=C(NCc1ccccc1)N[C@H]1CC(=O)N(C2CC2)C1. The summed E-state index contributed by atoms with van der Waals surface area (Å²) < 4.78 is 0. The van der Waals surface area contributed by atoms with Gasteiger partial charge in [-0.2, -0.15) is 0 Å². The zero-order valence-electron chi connectivity index (χ0n) is 11.3. The van der Waals surface area contributed by atoms with Crippen LogP contribution in [0, 0.1) is 0 Å². The largest absolute Gasteiger partial charge is 0.338 e. The van der Waals surface area contributed by atoms with Gasteiger partial charge in [-0.05, 0) is 18.4 Å². The highest BCUT2D eigenvalue weighted by molar-refractivity contribution is 5.82. The Kier molecular flexibility index (Phi) is 3.58. The molecule has 0 bridgehead atoms. The average Bonchev–Trinajstić information content (AvgIpc) is 3.22. The topological polar surface area (TPSA) is 61.4 Å². The highest BCUT2D eigenvalue weighted by Crippen LogP contribution is 2.30. The van der Waals surface area contributed by atoms with Crippen LogP contribution in [0.2, 0.25) is 0 Å². The molecule has 2 N–H and O–H groups in total. The number of carbonyl (C=O) groups excluding carboxylic acids is 2. The van der Waals surface area contributed by atoms with Crippen LogP contribution in [0.4, 0.5) is 4.79 Å². The Balaban J connectivity index is 1.44. The molecule has 1 aromatic carbocycles. The monoisotopic (exact) mass is 273 g/mol. The van der Waals surface area contributed by atoms with E-state index in [0.717, 1.165) is 18.4 Å². The highest BCUT2D eigenvalue weighted by Gasteiger charge is 2.39. The molecule has 3 amide bonds. The van der Waals surface area contributed by atoms with Gasteiger partial charge in [0.2, 0.25) is 5.91 Å². The summed E-state index contributed by atoms with van der Waals surface area (Å²) in [5.74, 6) is 0.167. The van der Waals surface area contributed by atoms with Gasteiger partial charge in [0.15, 0.2) is 0 Å². The second-order valence-electron chi connectivity index (χ2n) is 5.49. The van der Waals surface area contributed by atoms with Crippen LogP contribution in [0.3, 0.4) is 0 Å². The number of nitrogens with zero attached hydrogens (tertiary/aromatic N) is 1. The van der Waals surface area contributed by atoms with Crippen molar-refractivity contribution >= 4 is 11.9 Å². The van der Waals surface area contributed by atoms with Gasteiger partial charge in [-0.25, -0.2) is 4.79 Å². The maximum atomic E-state index is 11.8. The van der Waals surface area contributed by atoms with Crippen molar-refractivity contribution < 1.29 is 9.59 Å². The molecule has 5 nitrogen and oxygen atoms in total. The molecule has 1 atom stereocenters. The Morgan fingerprint density at radius 3 is 2.70 bits per heavy atom. The number of hydrogen-bond donors (Lipinski definition) is 2. The van der Waals surface area contributed by atoms with E-state index in [1.807, 2.05) is 35.2 Å². The van der Waals surface area contributed by atoms with Crippen molar-refractivity contribution in [1.82, 2.24) is 15.5 Å². The third-order valence-corrected chi connectivity index (χ3v) is 3.78. The summed E-state index contributed by atoms with van der Waals surface area (Å²) in [5.41, 5.74) is 1.06. The van der Waals surface area contributed by atoms with Crippen LogP contribution < -0.4 is 10.6 Å². The molecule has 106 valence electrons. The van der Waals surface area contributed by atoms with Crippen LogP contribution in [0.15, 0.2) is 30.3 Å². The number of urea groups is 1. The normalized spacial score (nSPS) is 21.9. The van der Waals surface area contributed by atoms with Crippen LogP contribution in [-0.4, -0.2) is 35.5 Å². The lowest BCUT2D eigenvalue weighted by atomic mass is 10.2. The lowest BCUT2D eigenvalue weighted by Crippen LogP contribution is -2.43. The van der Waals surface area contributed by atoms with Gasteiger partial charge in [0.1, 0.15) is 0 Å². The minimum Gasteiger partial charge on any atom is -0.338 e. The van der Waals surface area contributed by atoms with Crippen molar-refractivity contribution in [2.45, 2.75) is 37.9 Å². The molecule has 0 aromatic heterocycles. The van der Waals surface area contributed by atoms with E-state index in [-0.39, 0.29) is 18.0 Å². The fourth-order valence-electron chi connectivity index (χ4n) is 2.58. The quantitative estimate of drug-likeness (QED) is 0.867. The molecule has 2 aliphatic rings. The third-order valence-electron chi connectivity index (χ3n) is 3.78. The lowest BCUT2D eigenvalue weighted by Gasteiger charge is -2.16. The highest BCUT2D eigenvalue weighted by atomic mass is 16.2. The maximum absolute atomic E-state index is 11.8. The molecule has 0 radical (unpaired) electrons. The van der Waals surface area contributed by atoms with E-state index < -0.39 is 0 Å². The van der Waals surface area contributed by atoms with Crippen LogP contribution in [-0.2, 0) is 11.3 Å². The number of likely N-dealkylation sites (tertiary alicyclic amines) is 1. The minimum atomic E-state index is -0.204. The van der Waals surface area contributed by atoms with Gasteiger partial charge in [0.05, 0.1) is 6.04 Å². The third kappa shape index (κ3) is 3.10. The number of carbonyl (C=O) groups is 2. The summed E-state index contributed by atoms with van der Waals surface area (Å²) in [6.45, 7) is 1.15. The molecule has 1 saturated heterocycles. The van der Waals surface area contributed by atoms with Crippen molar-refractivity contribution in [1.29, 1.82) is 0 Å². The molecule has 0 unspecified atom stereocenters. The fourth-order valence-corrected chi connectivity index (χ4v) is 2.58. The van der Waals surface area contributed by atoms with Crippen molar-refractivity contribution in [2.75, 3.05) is 6.54 Å². The van der Waals surface area contributed by atoms with Gasteiger partial charge in [-0.1, -0.05) is 30.3 Å². The Bertz CT molecular complexity index is 499.